The number of aliphatic hydroxyl groups is 4. The number of nitrogens with two attached hydrogens (primary N) is 1. The number of ether oxygens (including phenoxy) is 1. The molecule has 0 bridgehead atoms. The third-order valence-corrected chi connectivity index (χ3v) is 3.04. The van der Waals surface area contributed by atoms with E-state index in [4.69, 9.17) is 15.6 Å². The van der Waals surface area contributed by atoms with E-state index in [9.17, 15) is 20.1 Å². The normalized spacial score (nSPS) is 41.1. The fourth-order valence-electron chi connectivity index (χ4n) is 2.01. The number of carbonyl (C=O) groups excluding carboxylic acids is 1. The number of amidine groups is 1. The Balaban J connectivity index is 2.25. The minimum absolute atomic E-state index is 0.00735. The van der Waals surface area contributed by atoms with E-state index in [0.717, 1.165) is 4.90 Å². The van der Waals surface area contributed by atoms with Gasteiger partial charge in [-0.05, 0) is 0 Å². The van der Waals surface area contributed by atoms with E-state index >= 15 is 0 Å². The molecular weight excluding hydrogens is 246 g/mol. The van der Waals surface area contributed by atoms with Crippen molar-refractivity contribution in [1.82, 2.24) is 4.90 Å². The molecular formula is C9H15N3O6. The second-order valence-corrected chi connectivity index (χ2v) is 4.22. The highest BCUT2D eigenvalue weighted by atomic mass is 16.7. The molecule has 0 aliphatic carbocycles. The van der Waals surface area contributed by atoms with Gasteiger partial charge in [0.1, 0.15) is 18.0 Å². The molecule has 2 aliphatic rings. The number of hydrogen-bond acceptors (Lipinski definition) is 7. The van der Waals surface area contributed by atoms with Crippen LogP contribution in [0.4, 0.5) is 4.79 Å². The minimum atomic E-state index is -2.41. The molecule has 0 spiro atoms. The van der Waals surface area contributed by atoms with E-state index in [1.54, 1.807) is 0 Å². The first-order chi connectivity index (χ1) is 8.40. The SMILES string of the molecule is NC1=NC(=O)N([C@]2(O)O[C@H](CO)[C@@H](O)[C@H]2O)CC1. The molecule has 6 N–H and O–H groups in total. The van der Waals surface area contributed by atoms with Crippen molar-refractivity contribution in [2.24, 2.45) is 10.7 Å². The molecule has 2 rings (SSSR count). The predicted octanol–water partition coefficient (Wildman–Crippen LogP) is -3.07. The Bertz CT molecular complexity index is 388. The van der Waals surface area contributed by atoms with Crippen molar-refractivity contribution in [2.45, 2.75) is 30.6 Å². The van der Waals surface area contributed by atoms with Crippen LogP contribution < -0.4 is 5.73 Å². The van der Waals surface area contributed by atoms with E-state index < -0.39 is 36.9 Å². The maximum Gasteiger partial charge on any atom is 0.349 e. The first kappa shape index (κ1) is 13.2. The predicted molar refractivity (Wildman–Crippen MR) is 57.3 cm³/mol. The van der Waals surface area contributed by atoms with Gasteiger partial charge in [-0.15, -0.1) is 0 Å². The Morgan fingerprint density at radius 2 is 2.22 bits per heavy atom. The number of hydrogen-bond donors (Lipinski definition) is 5. The molecule has 102 valence electrons. The van der Waals surface area contributed by atoms with Crippen molar-refractivity contribution in [1.29, 1.82) is 0 Å². The average molecular weight is 261 g/mol. The van der Waals surface area contributed by atoms with Crippen LogP contribution in [0.3, 0.4) is 0 Å². The summed E-state index contributed by atoms with van der Waals surface area (Å²) >= 11 is 0. The van der Waals surface area contributed by atoms with Gasteiger partial charge in [-0.25, -0.2) is 4.79 Å². The van der Waals surface area contributed by atoms with E-state index in [1.165, 1.54) is 0 Å². The van der Waals surface area contributed by atoms with Crippen molar-refractivity contribution in [2.75, 3.05) is 13.2 Å². The number of urea groups is 1. The molecule has 0 aromatic carbocycles. The molecule has 9 heteroatoms. The van der Waals surface area contributed by atoms with Crippen molar-refractivity contribution >= 4 is 11.9 Å². The highest BCUT2D eigenvalue weighted by Crippen LogP contribution is 2.33. The summed E-state index contributed by atoms with van der Waals surface area (Å²) in [5.74, 6) is -2.29. The number of aliphatic hydroxyl groups excluding tert-OH is 3. The molecule has 18 heavy (non-hydrogen) atoms. The van der Waals surface area contributed by atoms with Gasteiger partial charge >= 0.3 is 6.03 Å². The second-order valence-electron chi connectivity index (χ2n) is 4.22. The van der Waals surface area contributed by atoms with Crippen LogP contribution in [-0.4, -0.2) is 74.6 Å². The number of nitrogens with zero attached hydrogens (tertiary/aromatic N) is 2. The summed E-state index contributed by atoms with van der Waals surface area (Å²) in [6.45, 7) is -0.611. The van der Waals surface area contributed by atoms with Crippen LogP contribution in [0.25, 0.3) is 0 Å². The third-order valence-electron chi connectivity index (χ3n) is 3.04. The number of carbonyl (C=O) groups is 1. The minimum Gasteiger partial charge on any atom is -0.394 e. The number of rotatable bonds is 2. The lowest BCUT2D eigenvalue weighted by atomic mass is 10.1. The zero-order chi connectivity index (χ0) is 13.5. The summed E-state index contributed by atoms with van der Waals surface area (Å²) in [6.07, 6.45) is -4.23. The maximum atomic E-state index is 11.6. The van der Waals surface area contributed by atoms with Gasteiger partial charge in [0.25, 0.3) is 5.91 Å². The molecule has 0 saturated carbocycles. The summed E-state index contributed by atoms with van der Waals surface area (Å²) in [5, 5.41) is 38.4. The van der Waals surface area contributed by atoms with Crippen molar-refractivity contribution < 1.29 is 30.0 Å². The summed E-state index contributed by atoms with van der Waals surface area (Å²) in [5.41, 5.74) is 5.37. The second kappa shape index (κ2) is 4.44. The van der Waals surface area contributed by atoms with Crippen molar-refractivity contribution in [3.8, 4) is 0 Å². The van der Waals surface area contributed by atoms with Crippen LogP contribution in [0, 0.1) is 0 Å². The molecule has 2 amide bonds. The maximum absolute atomic E-state index is 11.6. The van der Waals surface area contributed by atoms with Crippen LogP contribution >= 0.6 is 0 Å². The van der Waals surface area contributed by atoms with Crippen LogP contribution in [0.5, 0.6) is 0 Å². The fourth-order valence-corrected chi connectivity index (χ4v) is 2.01. The third kappa shape index (κ3) is 1.85. The van der Waals surface area contributed by atoms with E-state index in [2.05, 4.69) is 4.99 Å². The van der Waals surface area contributed by atoms with Gasteiger partial charge in [0.15, 0.2) is 6.10 Å². The van der Waals surface area contributed by atoms with Gasteiger partial charge in [-0.2, -0.15) is 4.99 Å². The Labute approximate surface area is 102 Å². The lowest BCUT2D eigenvalue weighted by molar-refractivity contribution is -0.297. The number of amides is 2. The Morgan fingerprint density at radius 1 is 1.56 bits per heavy atom. The lowest BCUT2D eigenvalue weighted by Crippen LogP contribution is -2.60. The van der Waals surface area contributed by atoms with Crippen LogP contribution in [-0.2, 0) is 4.74 Å². The molecule has 1 fully saturated rings. The summed E-state index contributed by atoms with van der Waals surface area (Å²) in [7, 11) is 0. The molecule has 0 radical (unpaired) electrons. The van der Waals surface area contributed by atoms with Crippen LogP contribution in [0.15, 0.2) is 4.99 Å². The summed E-state index contributed by atoms with van der Waals surface area (Å²) in [4.78, 5) is 15.8. The largest absolute Gasteiger partial charge is 0.394 e. The highest BCUT2D eigenvalue weighted by molar-refractivity contribution is 5.95. The quantitative estimate of drug-likeness (QED) is 0.354. The van der Waals surface area contributed by atoms with Gasteiger partial charge in [-0.3, -0.25) is 4.90 Å². The van der Waals surface area contributed by atoms with E-state index in [-0.39, 0.29) is 18.8 Å². The number of aliphatic imine (C=N–C) groups is 1. The van der Waals surface area contributed by atoms with Crippen LogP contribution in [0.1, 0.15) is 6.42 Å². The standard InChI is InChI=1S/C9H15N3O6/c10-5-1-2-12(8(16)11-5)9(17)7(15)6(14)4(3-13)18-9/h4,6-7,13-15,17H,1-3H2,(H2,10,11,16)/t4-,6-,7-,9-/m1/s1. The van der Waals surface area contributed by atoms with Crippen molar-refractivity contribution in [3.05, 3.63) is 0 Å². The Hall–Kier alpha value is -1.26. The topological polar surface area (TPSA) is 149 Å². The zero-order valence-electron chi connectivity index (χ0n) is 9.43. The lowest BCUT2D eigenvalue weighted by Gasteiger charge is -2.38. The molecule has 1 saturated heterocycles. The Morgan fingerprint density at radius 3 is 2.72 bits per heavy atom. The molecule has 0 aromatic heterocycles. The van der Waals surface area contributed by atoms with Gasteiger partial charge < -0.3 is 30.9 Å². The van der Waals surface area contributed by atoms with Crippen LogP contribution in [0.2, 0.25) is 0 Å². The molecule has 9 nitrogen and oxygen atoms in total. The van der Waals surface area contributed by atoms with Gasteiger partial charge in [0.2, 0.25) is 0 Å². The molecule has 2 aliphatic heterocycles. The van der Waals surface area contributed by atoms with Gasteiger partial charge in [0, 0.05) is 13.0 Å². The Kier molecular flexibility index (Phi) is 3.25. The first-order valence-electron chi connectivity index (χ1n) is 5.42. The molecule has 0 aromatic rings. The van der Waals surface area contributed by atoms with E-state index in [1.807, 2.05) is 0 Å². The molecule has 2 heterocycles. The highest BCUT2D eigenvalue weighted by Gasteiger charge is 2.58. The average Bonchev–Trinajstić information content (AvgIpc) is 2.54. The smallest absolute Gasteiger partial charge is 0.349 e. The fraction of sp³-hybridized carbons (Fsp3) is 0.778. The molecule has 4 atom stereocenters. The monoisotopic (exact) mass is 261 g/mol. The summed E-state index contributed by atoms with van der Waals surface area (Å²) in [6, 6.07) is -0.869. The summed E-state index contributed by atoms with van der Waals surface area (Å²) < 4.78 is 4.97. The van der Waals surface area contributed by atoms with Gasteiger partial charge in [-0.1, -0.05) is 0 Å². The zero-order valence-corrected chi connectivity index (χ0v) is 9.43. The van der Waals surface area contributed by atoms with Crippen molar-refractivity contribution in [3.63, 3.8) is 0 Å². The van der Waals surface area contributed by atoms with E-state index in [0.29, 0.717) is 0 Å². The van der Waals surface area contributed by atoms with Gasteiger partial charge in [0.05, 0.1) is 6.61 Å². The first-order valence-corrected chi connectivity index (χ1v) is 5.42. The molecule has 0 unspecified atom stereocenters.